The first-order valence-corrected chi connectivity index (χ1v) is 13.1. The molecule has 0 aliphatic heterocycles. The fourth-order valence-corrected chi connectivity index (χ4v) is 5.53. The van der Waals surface area contributed by atoms with Crippen molar-refractivity contribution in [3.8, 4) is 5.75 Å². The number of hydrogen-bond acceptors (Lipinski definition) is 4. The van der Waals surface area contributed by atoms with Crippen molar-refractivity contribution < 1.29 is 22.3 Å². The number of nitrogens with one attached hydrogen (secondary N) is 2. The van der Waals surface area contributed by atoms with Gasteiger partial charge in [0.25, 0.3) is 15.9 Å². The second-order valence-electron chi connectivity index (χ2n) is 8.39. The van der Waals surface area contributed by atoms with Gasteiger partial charge >= 0.3 is 0 Å². The summed E-state index contributed by atoms with van der Waals surface area (Å²) in [6, 6.07) is 23.0. The van der Waals surface area contributed by atoms with E-state index < -0.39 is 21.7 Å². The minimum Gasteiger partial charge on any atom is -0.495 e. The number of hydrogen-bond donors (Lipinski definition) is 2. The zero-order chi connectivity index (χ0) is 26.2. The van der Waals surface area contributed by atoms with Gasteiger partial charge in [-0.15, -0.1) is 0 Å². The van der Waals surface area contributed by atoms with Crippen molar-refractivity contribution in [3.05, 3.63) is 96.3 Å². The van der Waals surface area contributed by atoms with E-state index >= 15 is 0 Å². The first-order chi connectivity index (χ1) is 17.8. The predicted molar refractivity (Wildman–Crippen MR) is 143 cm³/mol. The molecule has 188 valence electrons. The molecule has 1 heterocycles. The number of benzene rings is 4. The quantitative estimate of drug-likeness (QED) is 0.277. The van der Waals surface area contributed by atoms with E-state index in [-0.39, 0.29) is 21.9 Å². The zero-order valence-electron chi connectivity index (χ0n) is 20.2. The van der Waals surface area contributed by atoms with Gasteiger partial charge in [-0.05, 0) is 61.5 Å². The number of sulfonamides is 1. The molecular weight excluding hydrogens is 493 g/mol. The maximum absolute atomic E-state index is 14.1. The number of aromatic nitrogens is 1. The number of amides is 1. The molecule has 37 heavy (non-hydrogen) atoms. The SMILES string of the molecule is CCn1c2ccccc2c2cc(NS(=O)(=O)c3ccc(OC)c(NC(=O)c4ccccc4F)c3)ccc21. The predicted octanol–water partition coefficient (Wildman–Crippen LogP) is 6.02. The van der Waals surface area contributed by atoms with Gasteiger partial charge in [0.1, 0.15) is 11.6 Å². The highest BCUT2D eigenvalue weighted by Gasteiger charge is 2.20. The molecular formula is C28H24FN3O4S. The monoisotopic (exact) mass is 517 g/mol. The van der Waals surface area contributed by atoms with Crippen LogP contribution in [0.15, 0.2) is 89.8 Å². The van der Waals surface area contributed by atoms with Gasteiger partial charge in [0.2, 0.25) is 0 Å². The average molecular weight is 518 g/mol. The molecule has 0 unspecified atom stereocenters. The Bertz CT molecular complexity index is 1760. The van der Waals surface area contributed by atoms with Crippen molar-refractivity contribution in [3.63, 3.8) is 0 Å². The molecule has 0 aliphatic rings. The van der Waals surface area contributed by atoms with E-state index in [9.17, 15) is 17.6 Å². The number of halogens is 1. The number of carbonyl (C=O) groups excluding carboxylic acids is 1. The summed E-state index contributed by atoms with van der Waals surface area (Å²) in [6.07, 6.45) is 0. The van der Waals surface area contributed by atoms with E-state index in [1.807, 2.05) is 36.4 Å². The number of fused-ring (bicyclic) bond motifs is 3. The minimum absolute atomic E-state index is 0.0896. The van der Waals surface area contributed by atoms with Crippen molar-refractivity contribution in [1.82, 2.24) is 4.57 Å². The maximum atomic E-state index is 14.1. The van der Waals surface area contributed by atoms with Gasteiger partial charge in [0, 0.05) is 34.0 Å². The molecule has 2 N–H and O–H groups in total. The Morgan fingerprint density at radius 1 is 0.919 bits per heavy atom. The fraction of sp³-hybridized carbons (Fsp3) is 0.107. The lowest BCUT2D eigenvalue weighted by Crippen LogP contribution is -2.16. The highest BCUT2D eigenvalue weighted by molar-refractivity contribution is 7.92. The Labute approximate surface area is 213 Å². The largest absolute Gasteiger partial charge is 0.495 e. The second-order valence-corrected chi connectivity index (χ2v) is 10.1. The molecule has 0 aliphatic carbocycles. The van der Waals surface area contributed by atoms with Gasteiger partial charge in [-0.2, -0.15) is 0 Å². The summed E-state index contributed by atoms with van der Waals surface area (Å²) < 4.78 is 50.7. The number of carbonyl (C=O) groups is 1. The molecule has 1 aromatic heterocycles. The number of nitrogens with zero attached hydrogens (tertiary/aromatic N) is 1. The van der Waals surface area contributed by atoms with E-state index in [1.54, 1.807) is 6.07 Å². The van der Waals surface area contributed by atoms with Crippen LogP contribution in [0.1, 0.15) is 17.3 Å². The Morgan fingerprint density at radius 2 is 1.65 bits per heavy atom. The third kappa shape index (κ3) is 4.49. The van der Waals surface area contributed by atoms with Crippen molar-refractivity contribution in [1.29, 1.82) is 0 Å². The standard InChI is InChI=1S/C28H24FN3O4S/c1-3-32-25-11-7-5-8-20(25)22-16-18(12-14-26(22)32)31-37(34,35)19-13-15-27(36-2)24(17-19)30-28(33)21-9-4-6-10-23(21)29/h4-17,31H,3H2,1-2H3,(H,30,33). The normalized spacial score (nSPS) is 11.5. The van der Waals surface area contributed by atoms with Crippen LogP contribution >= 0.6 is 0 Å². The highest BCUT2D eigenvalue weighted by atomic mass is 32.2. The van der Waals surface area contributed by atoms with Crippen molar-refractivity contribution in [2.24, 2.45) is 0 Å². The molecule has 0 radical (unpaired) electrons. The molecule has 1 amide bonds. The Morgan fingerprint density at radius 3 is 2.41 bits per heavy atom. The Hall–Kier alpha value is -4.37. The van der Waals surface area contributed by atoms with Gasteiger partial charge < -0.3 is 14.6 Å². The molecule has 5 aromatic rings. The third-order valence-electron chi connectivity index (χ3n) is 6.19. The van der Waals surface area contributed by atoms with E-state index in [4.69, 9.17) is 4.74 Å². The van der Waals surface area contributed by atoms with Gasteiger partial charge in [0.05, 0.1) is 23.3 Å². The number of methoxy groups -OCH3 is 1. The van der Waals surface area contributed by atoms with Crippen LogP contribution in [-0.4, -0.2) is 26.0 Å². The molecule has 4 aromatic carbocycles. The number of rotatable bonds is 7. The molecule has 0 atom stereocenters. The van der Waals surface area contributed by atoms with Gasteiger partial charge in [0.15, 0.2) is 0 Å². The third-order valence-corrected chi connectivity index (χ3v) is 7.57. The fourth-order valence-electron chi connectivity index (χ4n) is 4.46. The van der Waals surface area contributed by atoms with Crippen molar-refractivity contribution in [2.75, 3.05) is 17.1 Å². The molecule has 5 rings (SSSR count). The smallest absolute Gasteiger partial charge is 0.261 e. The number of aryl methyl sites for hydroxylation is 1. The molecule has 0 fully saturated rings. The summed E-state index contributed by atoms with van der Waals surface area (Å²) in [5.74, 6) is -1.18. The van der Waals surface area contributed by atoms with Crippen molar-refractivity contribution in [2.45, 2.75) is 18.4 Å². The van der Waals surface area contributed by atoms with Crippen LogP contribution in [0, 0.1) is 5.82 Å². The summed E-state index contributed by atoms with van der Waals surface area (Å²) >= 11 is 0. The summed E-state index contributed by atoms with van der Waals surface area (Å²) in [7, 11) is -2.64. The van der Waals surface area contributed by atoms with Crippen LogP contribution in [0.5, 0.6) is 5.75 Å². The lowest BCUT2D eigenvalue weighted by Gasteiger charge is -2.14. The minimum atomic E-state index is -4.03. The van der Waals surface area contributed by atoms with Crippen LogP contribution in [0.4, 0.5) is 15.8 Å². The lowest BCUT2D eigenvalue weighted by atomic mass is 10.1. The summed E-state index contributed by atoms with van der Waals surface area (Å²) in [5, 5.41) is 4.52. The van der Waals surface area contributed by atoms with Gasteiger partial charge in [-0.1, -0.05) is 30.3 Å². The van der Waals surface area contributed by atoms with Crippen LogP contribution < -0.4 is 14.8 Å². The van der Waals surface area contributed by atoms with Crippen LogP contribution in [0.25, 0.3) is 21.8 Å². The zero-order valence-corrected chi connectivity index (χ0v) is 21.0. The maximum Gasteiger partial charge on any atom is 0.261 e. The molecule has 0 bridgehead atoms. The highest BCUT2D eigenvalue weighted by Crippen LogP contribution is 2.33. The number of anilines is 2. The Kier molecular flexibility index (Phi) is 6.31. The molecule has 0 saturated carbocycles. The van der Waals surface area contributed by atoms with Gasteiger partial charge in [-0.25, -0.2) is 12.8 Å². The van der Waals surface area contributed by atoms with E-state index in [0.29, 0.717) is 5.69 Å². The topological polar surface area (TPSA) is 89.4 Å². The van der Waals surface area contributed by atoms with E-state index in [0.717, 1.165) is 28.4 Å². The van der Waals surface area contributed by atoms with Gasteiger partial charge in [-0.3, -0.25) is 9.52 Å². The first-order valence-electron chi connectivity index (χ1n) is 11.6. The number of ether oxygens (including phenoxy) is 1. The average Bonchev–Trinajstić information content (AvgIpc) is 3.21. The molecule has 7 nitrogen and oxygen atoms in total. The summed E-state index contributed by atoms with van der Waals surface area (Å²) in [5.41, 5.74) is 2.41. The Balaban J connectivity index is 1.48. The second kappa shape index (κ2) is 9.59. The molecule has 0 saturated heterocycles. The van der Waals surface area contributed by atoms with Crippen molar-refractivity contribution >= 4 is 49.1 Å². The van der Waals surface area contributed by atoms with Crippen LogP contribution in [0.3, 0.4) is 0 Å². The van der Waals surface area contributed by atoms with Crippen LogP contribution in [-0.2, 0) is 16.6 Å². The molecule has 9 heteroatoms. The van der Waals surface area contributed by atoms with E-state index in [2.05, 4.69) is 21.5 Å². The van der Waals surface area contributed by atoms with E-state index in [1.165, 1.54) is 49.6 Å². The number of para-hydroxylation sites is 1. The first kappa shape index (κ1) is 24.3. The lowest BCUT2D eigenvalue weighted by molar-refractivity contribution is 0.102. The molecule has 0 spiro atoms. The summed E-state index contributed by atoms with van der Waals surface area (Å²) in [4.78, 5) is 12.6. The summed E-state index contributed by atoms with van der Waals surface area (Å²) in [6.45, 7) is 2.84. The van der Waals surface area contributed by atoms with Crippen LogP contribution in [0.2, 0.25) is 0 Å².